The lowest BCUT2D eigenvalue weighted by atomic mass is 10.0. The number of carbonyl (C=O) groups excluding carboxylic acids is 1. The van der Waals surface area contributed by atoms with Crippen LogP contribution in [0.3, 0.4) is 0 Å². The molecule has 0 saturated carbocycles. The summed E-state index contributed by atoms with van der Waals surface area (Å²) < 4.78 is 12.7. The van der Waals surface area contributed by atoms with Gasteiger partial charge < -0.3 is 14.5 Å². The predicted octanol–water partition coefficient (Wildman–Crippen LogP) is 3.63. The maximum Gasteiger partial charge on any atom is 0.271 e. The van der Waals surface area contributed by atoms with Crippen LogP contribution >= 0.6 is 11.6 Å². The highest BCUT2D eigenvalue weighted by Crippen LogP contribution is 2.26. The van der Waals surface area contributed by atoms with Gasteiger partial charge in [-0.05, 0) is 44.2 Å². The zero-order chi connectivity index (χ0) is 21.1. The van der Waals surface area contributed by atoms with Gasteiger partial charge in [0.25, 0.3) is 5.91 Å². The van der Waals surface area contributed by atoms with Crippen molar-refractivity contribution in [1.82, 2.24) is 20.0 Å². The van der Waals surface area contributed by atoms with Crippen molar-refractivity contribution in [2.24, 2.45) is 0 Å². The molecule has 0 bridgehead atoms. The minimum Gasteiger partial charge on any atom is -0.463 e. The third-order valence-electron chi connectivity index (χ3n) is 5.32. The molecule has 0 radical (unpaired) electrons. The van der Waals surface area contributed by atoms with Gasteiger partial charge in [-0.2, -0.15) is 5.10 Å². The van der Waals surface area contributed by atoms with Crippen LogP contribution in [0.2, 0.25) is 5.02 Å². The van der Waals surface area contributed by atoms with Gasteiger partial charge in [0, 0.05) is 36.3 Å². The Kier molecular flexibility index (Phi) is 5.94. The van der Waals surface area contributed by atoms with Crippen molar-refractivity contribution in [3.8, 4) is 17.1 Å². The summed E-state index contributed by atoms with van der Waals surface area (Å²) in [4.78, 5) is 15.2. The van der Waals surface area contributed by atoms with Gasteiger partial charge in [-0.1, -0.05) is 17.7 Å². The van der Waals surface area contributed by atoms with Crippen molar-refractivity contribution in [1.29, 1.82) is 0 Å². The Labute approximate surface area is 180 Å². The number of carbonyl (C=O) groups is 1. The van der Waals surface area contributed by atoms with Gasteiger partial charge in [0.2, 0.25) is 0 Å². The zero-order valence-corrected chi connectivity index (χ0v) is 17.9. The number of hydrogen-bond acceptors (Lipinski definition) is 5. The molecule has 8 heteroatoms. The van der Waals surface area contributed by atoms with E-state index in [2.05, 4.69) is 29.2 Å². The zero-order valence-electron chi connectivity index (χ0n) is 17.1. The number of nitrogens with zero attached hydrogens (tertiary/aromatic N) is 3. The minimum absolute atomic E-state index is 0.182. The molecule has 0 spiro atoms. The van der Waals surface area contributed by atoms with E-state index in [1.807, 2.05) is 18.2 Å². The van der Waals surface area contributed by atoms with E-state index in [0.717, 1.165) is 18.8 Å². The minimum atomic E-state index is -0.232. The summed E-state index contributed by atoms with van der Waals surface area (Å²) in [7, 11) is 0. The fourth-order valence-electron chi connectivity index (χ4n) is 3.56. The number of amides is 1. The van der Waals surface area contributed by atoms with Crippen molar-refractivity contribution in [2.45, 2.75) is 19.4 Å². The van der Waals surface area contributed by atoms with E-state index >= 15 is 0 Å². The molecule has 1 aliphatic rings. The summed E-state index contributed by atoms with van der Waals surface area (Å²) in [6.45, 7) is 7.90. The first-order valence-corrected chi connectivity index (χ1v) is 10.3. The molecule has 1 fully saturated rings. The average Bonchev–Trinajstić information content (AvgIpc) is 3.42. The Morgan fingerprint density at radius 1 is 1.20 bits per heavy atom. The summed E-state index contributed by atoms with van der Waals surface area (Å²) in [6, 6.07) is 12.7. The van der Waals surface area contributed by atoms with Gasteiger partial charge >= 0.3 is 0 Å². The standard InChI is InChI=1S/C22H25ClN4O3/c1-22(2,26-8-11-29-12-9-26)15-24-21(28)18-14-19(20-7-4-10-30-20)27(25-18)17-6-3-5-16(23)13-17/h3-7,10,13-14H,8-9,11-12,15H2,1-2H3,(H,24,28). The molecule has 3 aromatic rings. The van der Waals surface area contributed by atoms with Gasteiger partial charge in [-0.25, -0.2) is 4.68 Å². The number of morpholine rings is 1. The highest BCUT2D eigenvalue weighted by molar-refractivity contribution is 6.30. The van der Waals surface area contributed by atoms with Crippen molar-refractivity contribution in [3.05, 3.63) is 59.4 Å². The van der Waals surface area contributed by atoms with Crippen LogP contribution in [0.4, 0.5) is 0 Å². The molecule has 1 aliphatic heterocycles. The Balaban J connectivity index is 1.56. The normalized spacial score (nSPS) is 15.3. The second-order valence-electron chi connectivity index (χ2n) is 7.88. The van der Waals surface area contributed by atoms with Gasteiger partial charge in [0.05, 0.1) is 25.2 Å². The first-order chi connectivity index (χ1) is 14.4. The Bertz CT molecular complexity index is 1010. The predicted molar refractivity (Wildman–Crippen MR) is 115 cm³/mol. The molecule has 7 nitrogen and oxygen atoms in total. The summed E-state index contributed by atoms with van der Waals surface area (Å²) >= 11 is 6.16. The molecule has 4 rings (SSSR count). The highest BCUT2D eigenvalue weighted by atomic mass is 35.5. The van der Waals surface area contributed by atoms with Gasteiger partial charge in [-0.15, -0.1) is 0 Å². The molecule has 1 saturated heterocycles. The molecule has 1 aromatic carbocycles. The van der Waals surface area contributed by atoms with E-state index in [0.29, 0.717) is 41.9 Å². The smallest absolute Gasteiger partial charge is 0.271 e. The van der Waals surface area contributed by atoms with E-state index in [1.54, 1.807) is 35.2 Å². The van der Waals surface area contributed by atoms with Crippen LogP contribution in [0.1, 0.15) is 24.3 Å². The van der Waals surface area contributed by atoms with Crippen LogP contribution in [-0.4, -0.2) is 59.0 Å². The average molecular weight is 429 g/mol. The second-order valence-corrected chi connectivity index (χ2v) is 8.31. The molecule has 0 unspecified atom stereocenters. The van der Waals surface area contributed by atoms with E-state index in [9.17, 15) is 4.79 Å². The third-order valence-corrected chi connectivity index (χ3v) is 5.55. The number of benzene rings is 1. The molecule has 0 aliphatic carbocycles. The van der Waals surface area contributed by atoms with E-state index < -0.39 is 0 Å². The number of aromatic nitrogens is 2. The Morgan fingerprint density at radius 2 is 2.00 bits per heavy atom. The monoisotopic (exact) mass is 428 g/mol. The first kappa shape index (κ1) is 20.7. The maximum atomic E-state index is 12.9. The van der Waals surface area contributed by atoms with Crippen LogP contribution in [0.15, 0.2) is 53.1 Å². The molecule has 3 heterocycles. The second kappa shape index (κ2) is 8.63. The van der Waals surface area contributed by atoms with Crippen LogP contribution in [0.25, 0.3) is 17.1 Å². The summed E-state index contributed by atoms with van der Waals surface area (Å²) in [5, 5.41) is 8.16. The molecule has 0 atom stereocenters. The molecular formula is C22H25ClN4O3. The summed E-state index contributed by atoms with van der Waals surface area (Å²) in [6.07, 6.45) is 1.59. The number of halogens is 1. The van der Waals surface area contributed by atoms with Gasteiger partial charge in [0.15, 0.2) is 11.5 Å². The maximum absolute atomic E-state index is 12.9. The highest BCUT2D eigenvalue weighted by Gasteiger charge is 2.29. The lowest BCUT2D eigenvalue weighted by Crippen LogP contribution is -2.55. The molecular weight excluding hydrogens is 404 g/mol. The van der Waals surface area contributed by atoms with Gasteiger partial charge in [-0.3, -0.25) is 9.69 Å². The number of hydrogen-bond donors (Lipinski definition) is 1. The quantitative estimate of drug-likeness (QED) is 0.649. The summed E-state index contributed by atoms with van der Waals surface area (Å²) in [5.74, 6) is 0.389. The lowest BCUT2D eigenvalue weighted by Gasteiger charge is -2.40. The van der Waals surface area contributed by atoms with Crippen LogP contribution in [0, 0.1) is 0 Å². The van der Waals surface area contributed by atoms with Crippen LogP contribution in [0.5, 0.6) is 0 Å². The fraction of sp³-hybridized carbons (Fsp3) is 0.364. The van der Waals surface area contributed by atoms with Crippen molar-refractivity contribution >= 4 is 17.5 Å². The third kappa shape index (κ3) is 4.43. The molecule has 1 amide bonds. The SMILES string of the molecule is CC(C)(CNC(=O)c1cc(-c2ccco2)n(-c2cccc(Cl)c2)n1)N1CCOCC1. The molecule has 2 aromatic heterocycles. The number of rotatable bonds is 6. The van der Waals surface area contributed by atoms with Gasteiger partial charge in [0.1, 0.15) is 5.69 Å². The van der Waals surface area contributed by atoms with E-state index in [4.69, 9.17) is 20.8 Å². The van der Waals surface area contributed by atoms with Crippen molar-refractivity contribution in [2.75, 3.05) is 32.8 Å². The molecule has 158 valence electrons. The van der Waals surface area contributed by atoms with Crippen molar-refractivity contribution in [3.63, 3.8) is 0 Å². The van der Waals surface area contributed by atoms with Crippen LogP contribution < -0.4 is 5.32 Å². The number of ether oxygens (including phenoxy) is 1. The summed E-state index contributed by atoms with van der Waals surface area (Å²) in [5.41, 5.74) is 1.57. The molecule has 30 heavy (non-hydrogen) atoms. The number of nitrogens with one attached hydrogen (secondary N) is 1. The first-order valence-electron chi connectivity index (χ1n) is 9.95. The van der Waals surface area contributed by atoms with Crippen molar-refractivity contribution < 1.29 is 13.9 Å². The lowest BCUT2D eigenvalue weighted by molar-refractivity contribution is -0.00924. The largest absolute Gasteiger partial charge is 0.463 e. The topological polar surface area (TPSA) is 72.5 Å². The Morgan fingerprint density at radius 3 is 2.70 bits per heavy atom. The van der Waals surface area contributed by atoms with E-state index in [1.165, 1.54) is 0 Å². The molecule has 1 N–H and O–H groups in total. The van der Waals surface area contributed by atoms with E-state index in [-0.39, 0.29) is 11.4 Å². The number of furan rings is 1. The van der Waals surface area contributed by atoms with Crippen LogP contribution in [-0.2, 0) is 4.74 Å². The Hall–Kier alpha value is -2.61. The fourth-order valence-corrected chi connectivity index (χ4v) is 3.75.